The van der Waals surface area contributed by atoms with Gasteiger partial charge >= 0.3 is 0 Å². The van der Waals surface area contributed by atoms with Crippen molar-refractivity contribution in [2.45, 2.75) is 20.5 Å². The third kappa shape index (κ3) is 4.33. The van der Waals surface area contributed by atoms with E-state index >= 15 is 0 Å². The molecule has 4 aromatic rings. The number of rotatable bonds is 5. The van der Waals surface area contributed by atoms with Gasteiger partial charge in [0.25, 0.3) is 0 Å². The minimum atomic E-state index is 0.185. The fourth-order valence-electron chi connectivity index (χ4n) is 2.59. The third-order valence-electron chi connectivity index (χ3n) is 4.08. The molecule has 29 heavy (non-hydrogen) atoms. The Hall–Kier alpha value is -3.92. The lowest BCUT2D eigenvalue weighted by atomic mass is 10.2. The van der Waals surface area contributed by atoms with Crippen molar-refractivity contribution in [1.82, 2.24) is 19.9 Å². The normalized spacial score (nSPS) is 10.4. The quantitative estimate of drug-likeness (QED) is 0.484. The van der Waals surface area contributed by atoms with Crippen molar-refractivity contribution in [3.05, 3.63) is 71.7 Å². The lowest BCUT2D eigenvalue weighted by molar-refractivity contribution is 0.258. The van der Waals surface area contributed by atoms with E-state index in [1.54, 1.807) is 12.3 Å². The summed E-state index contributed by atoms with van der Waals surface area (Å²) in [5.41, 5.74) is 3.13. The van der Waals surface area contributed by atoms with Gasteiger partial charge in [-0.3, -0.25) is 0 Å². The fourth-order valence-corrected chi connectivity index (χ4v) is 2.59. The molecule has 0 unspecified atom stereocenters. The lowest BCUT2D eigenvalue weighted by Crippen LogP contribution is -2.03. The van der Waals surface area contributed by atoms with E-state index in [2.05, 4.69) is 31.8 Å². The summed E-state index contributed by atoms with van der Waals surface area (Å²) < 4.78 is 16.6. The first-order valence-corrected chi connectivity index (χ1v) is 9.12. The summed E-state index contributed by atoms with van der Waals surface area (Å²) in [5, 5.41) is 0. The summed E-state index contributed by atoms with van der Waals surface area (Å²) in [6.07, 6.45) is 3.05. The Kier molecular flexibility index (Phi) is 5.34. The zero-order chi connectivity index (χ0) is 20.1. The summed E-state index contributed by atoms with van der Waals surface area (Å²) in [7, 11) is 0. The maximum absolute atomic E-state index is 5.85. The first kappa shape index (κ1) is 18.4. The summed E-state index contributed by atoms with van der Waals surface area (Å²) in [6.45, 7) is 4.60. The van der Waals surface area contributed by atoms with Crippen LogP contribution in [0.25, 0.3) is 11.2 Å². The summed E-state index contributed by atoms with van der Waals surface area (Å²) in [6, 6.07) is 11.2. The second kappa shape index (κ2) is 8.40. The minimum absolute atomic E-state index is 0.185. The van der Waals surface area contributed by atoms with E-state index < -0.39 is 0 Å². The van der Waals surface area contributed by atoms with E-state index in [0.717, 1.165) is 17.0 Å². The molecule has 0 aliphatic heterocycles. The molecule has 7 heteroatoms. The largest absolute Gasteiger partial charge is 0.494 e. The van der Waals surface area contributed by atoms with Crippen LogP contribution in [0.3, 0.4) is 0 Å². The van der Waals surface area contributed by atoms with Crippen LogP contribution in [0.4, 0.5) is 0 Å². The van der Waals surface area contributed by atoms with E-state index in [-0.39, 0.29) is 6.61 Å². The molecule has 0 fully saturated rings. The van der Waals surface area contributed by atoms with Crippen molar-refractivity contribution in [3.63, 3.8) is 0 Å². The predicted octanol–water partition coefficient (Wildman–Crippen LogP) is 3.70. The van der Waals surface area contributed by atoms with Crippen LogP contribution in [0.5, 0.6) is 11.6 Å². The Labute approximate surface area is 167 Å². The molecule has 3 heterocycles. The topological polar surface area (TPSA) is 83.2 Å². The Morgan fingerprint density at radius 2 is 1.86 bits per heavy atom. The monoisotopic (exact) mass is 386 g/mol. The Balaban J connectivity index is 1.65. The highest BCUT2D eigenvalue weighted by molar-refractivity contribution is 5.71. The maximum atomic E-state index is 5.85. The number of hydrogen-bond donors (Lipinski definition) is 0. The van der Waals surface area contributed by atoms with Gasteiger partial charge in [-0.15, -0.1) is 0 Å². The second-order valence-electron chi connectivity index (χ2n) is 6.08. The van der Waals surface area contributed by atoms with Crippen LogP contribution < -0.4 is 9.47 Å². The molecule has 7 nitrogen and oxygen atoms in total. The molecule has 0 atom stereocenters. The van der Waals surface area contributed by atoms with E-state index in [1.165, 1.54) is 6.39 Å². The van der Waals surface area contributed by atoms with Crippen molar-refractivity contribution in [1.29, 1.82) is 0 Å². The molecular formula is C22H18N4O3. The van der Waals surface area contributed by atoms with Crippen LogP contribution >= 0.6 is 0 Å². The van der Waals surface area contributed by atoms with Crippen molar-refractivity contribution >= 4 is 11.2 Å². The summed E-state index contributed by atoms with van der Waals surface area (Å²) in [5.74, 6) is 7.88. The average Bonchev–Trinajstić information content (AvgIpc) is 3.16. The fraction of sp³-hybridized carbons (Fsp3) is 0.182. The molecule has 0 amide bonds. The van der Waals surface area contributed by atoms with Crippen LogP contribution in [0.2, 0.25) is 0 Å². The molecule has 0 radical (unpaired) electrons. The molecule has 0 spiro atoms. The smallest absolute Gasteiger partial charge is 0.250 e. The Bertz CT molecular complexity index is 1190. The van der Waals surface area contributed by atoms with E-state index in [4.69, 9.17) is 13.9 Å². The molecular weight excluding hydrogens is 368 g/mol. The number of ether oxygens (including phenoxy) is 2. The first-order valence-electron chi connectivity index (χ1n) is 9.12. The molecule has 0 N–H and O–H groups in total. The average molecular weight is 386 g/mol. The van der Waals surface area contributed by atoms with E-state index in [1.807, 2.05) is 44.2 Å². The lowest BCUT2D eigenvalue weighted by Gasteiger charge is -2.07. The molecule has 0 aliphatic carbocycles. The van der Waals surface area contributed by atoms with Gasteiger partial charge in [-0.1, -0.05) is 5.92 Å². The third-order valence-corrected chi connectivity index (χ3v) is 4.08. The highest BCUT2D eigenvalue weighted by Gasteiger charge is 2.12. The van der Waals surface area contributed by atoms with Gasteiger partial charge in [-0.25, -0.2) is 19.9 Å². The number of benzene rings is 1. The molecule has 0 saturated carbocycles. The van der Waals surface area contributed by atoms with Gasteiger partial charge in [-0.2, -0.15) is 0 Å². The van der Waals surface area contributed by atoms with Crippen molar-refractivity contribution in [3.8, 4) is 23.5 Å². The molecule has 0 aliphatic rings. The molecule has 3 aromatic heterocycles. The van der Waals surface area contributed by atoms with Gasteiger partial charge in [-0.05, 0) is 56.2 Å². The van der Waals surface area contributed by atoms with Gasteiger partial charge in [0.15, 0.2) is 23.5 Å². The van der Waals surface area contributed by atoms with Crippen LogP contribution in [-0.2, 0) is 6.61 Å². The summed E-state index contributed by atoms with van der Waals surface area (Å²) in [4.78, 5) is 17.4. The molecule has 0 saturated heterocycles. The van der Waals surface area contributed by atoms with E-state index in [0.29, 0.717) is 35.1 Å². The number of aryl methyl sites for hydroxylation is 1. The Morgan fingerprint density at radius 3 is 2.62 bits per heavy atom. The standard InChI is InChI=1S/C22H18N4O3/c1-3-27-17-9-6-16(7-10-17)8-11-19-22(28-13-20-15(2)24-14-29-20)26-18-5-4-12-23-21(18)25-19/h4-7,9-10,12,14H,3,13H2,1-2H3. The number of aromatic nitrogens is 4. The summed E-state index contributed by atoms with van der Waals surface area (Å²) >= 11 is 0. The van der Waals surface area contributed by atoms with Crippen LogP contribution in [0, 0.1) is 18.8 Å². The number of pyridine rings is 1. The van der Waals surface area contributed by atoms with Gasteiger partial charge in [0.2, 0.25) is 5.88 Å². The van der Waals surface area contributed by atoms with Gasteiger partial charge in [0.05, 0.1) is 12.3 Å². The minimum Gasteiger partial charge on any atom is -0.494 e. The Morgan fingerprint density at radius 1 is 1.00 bits per heavy atom. The zero-order valence-electron chi connectivity index (χ0n) is 16.0. The number of oxazole rings is 1. The number of fused-ring (bicyclic) bond motifs is 1. The second-order valence-corrected chi connectivity index (χ2v) is 6.08. The van der Waals surface area contributed by atoms with Crippen LogP contribution in [-0.4, -0.2) is 26.5 Å². The predicted molar refractivity (Wildman–Crippen MR) is 106 cm³/mol. The number of hydrogen-bond acceptors (Lipinski definition) is 7. The highest BCUT2D eigenvalue weighted by Crippen LogP contribution is 2.19. The highest BCUT2D eigenvalue weighted by atomic mass is 16.5. The van der Waals surface area contributed by atoms with Gasteiger partial charge in [0, 0.05) is 11.8 Å². The number of nitrogens with zero attached hydrogens (tertiary/aromatic N) is 4. The van der Waals surface area contributed by atoms with Gasteiger partial charge < -0.3 is 13.9 Å². The van der Waals surface area contributed by atoms with E-state index in [9.17, 15) is 0 Å². The zero-order valence-corrected chi connectivity index (χ0v) is 16.0. The molecule has 4 rings (SSSR count). The van der Waals surface area contributed by atoms with Crippen molar-refractivity contribution in [2.75, 3.05) is 6.61 Å². The van der Waals surface area contributed by atoms with Gasteiger partial charge in [0.1, 0.15) is 17.9 Å². The van der Waals surface area contributed by atoms with Crippen molar-refractivity contribution in [2.24, 2.45) is 0 Å². The van der Waals surface area contributed by atoms with Crippen LogP contribution in [0.15, 0.2) is 53.4 Å². The van der Waals surface area contributed by atoms with Crippen molar-refractivity contribution < 1.29 is 13.9 Å². The SMILES string of the molecule is CCOc1ccc(C#Cc2nc3ncccc3nc2OCc2ocnc2C)cc1. The molecule has 144 valence electrons. The molecule has 0 bridgehead atoms. The van der Waals surface area contributed by atoms with Crippen LogP contribution in [0.1, 0.15) is 29.6 Å². The maximum Gasteiger partial charge on any atom is 0.250 e. The first-order chi connectivity index (χ1) is 14.2. The molecule has 1 aromatic carbocycles.